The van der Waals surface area contributed by atoms with Crippen molar-refractivity contribution < 1.29 is 14.3 Å². The van der Waals surface area contributed by atoms with Gasteiger partial charge in [0.1, 0.15) is 0 Å². The average Bonchev–Trinajstić information content (AvgIpc) is 2.38. The molecule has 1 aromatic carbocycles. The molecule has 19 heavy (non-hydrogen) atoms. The average molecular weight is 326 g/mol. The zero-order valence-corrected chi connectivity index (χ0v) is 12.3. The fourth-order valence-electron chi connectivity index (χ4n) is 1.34. The van der Waals surface area contributed by atoms with E-state index in [0.717, 1.165) is 11.3 Å². The number of hydrogen-bond donors (Lipinski definition) is 1. The molecule has 4 nitrogen and oxygen atoms in total. The summed E-state index contributed by atoms with van der Waals surface area (Å²) in [6, 6.07) is 7.22. The molecule has 5 heteroatoms. The first-order valence-corrected chi connectivity index (χ1v) is 7.08. The quantitative estimate of drug-likeness (QED) is 0.497. The second-order valence-corrected chi connectivity index (χ2v) is 4.49. The van der Waals surface area contributed by atoms with Gasteiger partial charge in [0.25, 0.3) is 0 Å². The molecule has 0 bridgehead atoms. The number of rotatable bonds is 6. The van der Waals surface area contributed by atoms with Gasteiger partial charge in [-0.1, -0.05) is 28.1 Å². The van der Waals surface area contributed by atoms with E-state index in [4.69, 9.17) is 4.74 Å². The van der Waals surface area contributed by atoms with Crippen LogP contribution in [0.4, 0.5) is 5.69 Å². The van der Waals surface area contributed by atoms with Gasteiger partial charge in [0.05, 0.1) is 6.61 Å². The third-order valence-electron chi connectivity index (χ3n) is 2.21. The SMILES string of the molecule is CCOC(=O)/C=C/c1ccc(NC(=O)CCBr)cc1. The van der Waals surface area contributed by atoms with Crippen LogP contribution in [0, 0.1) is 0 Å². The van der Waals surface area contributed by atoms with Crippen LogP contribution >= 0.6 is 15.9 Å². The Bertz CT molecular complexity index is 454. The Morgan fingerprint density at radius 2 is 2.00 bits per heavy atom. The van der Waals surface area contributed by atoms with Crippen LogP contribution < -0.4 is 5.32 Å². The Balaban J connectivity index is 2.56. The third-order valence-corrected chi connectivity index (χ3v) is 2.61. The molecule has 1 rings (SSSR count). The van der Waals surface area contributed by atoms with Gasteiger partial charge in [0, 0.05) is 23.5 Å². The largest absolute Gasteiger partial charge is 0.463 e. The van der Waals surface area contributed by atoms with E-state index in [9.17, 15) is 9.59 Å². The fraction of sp³-hybridized carbons (Fsp3) is 0.286. The zero-order chi connectivity index (χ0) is 14.1. The van der Waals surface area contributed by atoms with Crippen molar-refractivity contribution in [3.63, 3.8) is 0 Å². The maximum absolute atomic E-state index is 11.4. The third kappa shape index (κ3) is 6.20. The highest BCUT2D eigenvalue weighted by atomic mass is 79.9. The van der Waals surface area contributed by atoms with E-state index in [1.807, 2.05) is 12.1 Å². The van der Waals surface area contributed by atoms with Gasteiger partial charge < -0.3 is 10.1 Å². The molecule has 0 aliphatic heterocycles. The van der Waals surface area contributed by atoms with E-state index in [-0.39, 0.29) is 11.9 Å². The molecule has 0 heterocycles. The maximum atomic E-state index is 11.4. The summed E-state index contributed by atoms with van der Waals surface area (Å²) in [5.41, 5.74) is 1.60. The standard InChI is InChI=1S/C14H16BrNO3/c1-2-19-14(18)8-5-11-3-6-12(7-4-11)16-13(17)9-10-15/h3-8H,2,9-10H2,1H3,(H,16,17)/b8-5+. The minimum absolute atomic E-state index is 0.0355. The van der Waals surface area contributed by atoms with E-state index in [0.29, 0.717) is 18.4 Å². The summed E-state index contributed by atoms with van der Waals surface area (Å²) in [5.74, 6) is -0.399. The number of anilines is 1. The van der Waals surface area contributed by atoms with Gasteiger partial charge in [-0.05, 0) is 30.7 Å². The van der Waals surface area contributed by atoms with Crippen molar-refractivity contribution in [3.8, 4) is 0 Å². The number of carbonyl (C=O) groups excluding carboxylic acids is 2. The molecule has 0 aliphatic rings. The number of amides is 1. The van der Waals surface area contributed by atoms with E-state index in [1.165, 1.54) is 6.08 Å². The summed E-state index contributed by atoms with van der Waals surface area (Å²) < 4.78 is 4.78. The minimum atomic E-state index is -0.364. The van der Waals surface area contributed by atoms with Crippen molar-refractivity contribution in [1.82, 2.24) is 0 Å². The molecule has 1 amide bonds. The van der Waals surface area contributed by atoms with Gasteiger partial charge >= 0.3 is 5.97 Å². The second-order valence-electron chi connectivity index (χ2n) is 3.69. The molecule has 0 saturated carbocycles. The van der Waals surface area contributed by atoms with Crippen molar-refractivity contribution in [2.24, 2.45) is 0 Å². The molecule has 0 fully saturated rings. The van der Waals surface area contributed by atoms with Crippen LogP contribution in [0.2, 0.25) is 0 Å². The first-order chi connectivity index (χ1) is 9.15. The molecule has 0 atom stereocenters. The Kier molecular flexibility index (Phi) is 6.89. The number of ether oxygens (including phenoxy) is 1. The second kappa shape index (κ2) is 8.48. The van der Waals surface area contributed by atoms with Crippen molar-refractivity contribution in [3.05, 3.63) is 35.9 Å². The molecular weight excluding hydrogens is 310 g/mol. The minimum Gasteiger partial charge on any atom is -0.463 e. The summed E-state index contributed by atoms with van der Waals surface area (Å²) in [5, 5.41) is 3.41. The van der Waals surface area contributed by atoms with Crippen molar-refractivity contribution in [2.45, 2.75) is 13.3 Å². The molecular formula is C14H16BrNO3. The monoisotopic (exact) mass is 325 g/mol. The van der Waals surface area contributed by atoms with E-state index < -0.39 is 0 Å². The lowest BCUT2D eigenvalue weighted by molar-refractivity contribution is -0.137. The van der Waals surface area contributed by atoms with Crippen molar-refractivity contribution >= 4 is 39.6 Å². The normalized spacial score (nSPS) is 10.4. The number of hydrogen-bond acceptors (Lipinski definition) is 3. The van der Waals surface area contributed by atoms with E-state index in [1.54, 1.807) is 25.1 Å². The van der Waals surface area contributed by atoms with Gasteiger partial charge in [0.15, 0.2) is 0 Å². The summed E-state index contributed by atoms with van der Waals surface area (Å²) in [7, 11) is 0. The zero-order valence-electron chi connectivity index (χ0n) is 10.7. The van der Waals surface area contributed by atoms with Crippen LogP contribution in [0.25, 0.3) is 6.08 Å². The first kappa shape index (κ1) is 15.4. The molecule has 0 unspecified atom stereocenters. The van der Waals surface area contributed by atoms with Gasteiger partial charge in [0.2, 0.25) is 5.91 Å². The summed E-state index contributed by atoms with van der Waals surface area (Å²) in [6.45, 7) is 2.12. The predicted molar refractivity (Wildman–Crippen MR) is 79.1 cm³/mol. The number of halogens is 1. The summed E-state index contributed by atoms with van der Waals surface area (Å²) >= 11 is 3.21. The topological polar surface area (TPSA) is 55.4 Å². The van der Waals surface area contributed by atoms with Crippen LogP contribution in [-0.2, 0) is 14.3 Å². The smallest absolute Gasteiger partial charge is 0.330 e. The Labute approximate surface area is 121 Å². The van der Waals surface area contributed by atoms with Gasteiger partial charge in [-0.3, -0.25) is 4.79 Å². The fourth-order valence-corrected chi connectivity index (χ4v) is 1.70. The van der Waals surface area contributed by atoms with Crippen molar-refractivity contribution in [1.29, 1.82) is 0 Å². The highest BCUT2D eigenvalue weighted by molar-refractivity contribution is 9.09. The number of benzene rings is 1. The van der Waals surface area contributed by atoms with Crippen molar-refractivity contribution in [2.75, 3.05) is 17.3 Å². The number of esters is 1. The highest BCUT2D eigenvalue weighted by Gasteiger charge is 2.00. The van der Waals surface area contributed by atoms with E-state index in [2.05, 4.69) is 21.2 Å². The summed E-state index contributed by atoms with van der Waals surface area (Å²) in [6.07, 6.45) is 3.48. The predicted octanol–water partition coefficient (Wildman–Crippen LogP) is 2.99. The molecule has 0 saturated heterocycles. The van der Waals surface area contributed by atoms with Crippen LogP contribution in [-0.4, -0.2) is 23.8 Å². The maximum Gasteiger partial charge on any atom is 0.330 e. The number of carbonyl (C=O) groups is 2. The molecule has 1 N–H and O–H groups in total. The van der Waals surface area contributed by atoms with E-state index >= 15 is 0 Å². The molecule has 0 aromatic heterocycles. The van der Waals surface area contributed by atoms with Crippen LogP contribution in [0.5, 0.6) is 0 Å². The Morgan fingerprint density at radius 1 is 1.32 bits per heavy atom. The first-order valence-electron chi connectivity index (χ1n) is 5.96. The lowest BCUT2D eigenvalue weighted by Crippen LogP contribution is -2.11. The Morgan fingerprint density at radius 3 is 2.58 bits per heavy atom. The van der Waals surface area contributed by atoms with Gasteiger partial charge in [-0.25, -0.2) is 4.79 Å². The molecule has 0 spiro atoms. The highest BCUT2D eigenvalue weighted by Crippen LogP contribution is 2.11. The lowest BCUT2D eigenvalue weighted by atomic mass is 10.2. The Hall–Kier alpha value is -1.62. The molecule has 102 valence electrons. The number of nitrogens with one attached hydrogen (secondary N) is 1. The number of alkyl halides is 1. The van der Waals surface area contributed by atoms with Gasteiger partial charge in [-0.2, -0.15) is 0 Å². The van der Waals surface area contributed by atoms with Gasteiger partial charge in [-0.15, -0.1) is 0 Å². The molecule has 0 aliphatic carbocycles. The lowest BCUT2D eigenvalue weighted by Gasteiger charge is -2.04. The molecule has 0 radical (unpaired) electrons. The van der Waals surface area contributed by atoms with Crippen LogP contribution in [0.3, 0.4) is 0 Å². The summed E-state index contributed by atoms with van der Waals surface area (Å²) in [4.78, 5) is 22.5. The van der Waals surface area contributed by atoms with Crippen LogP contribution in [0.15, 0.2) is 30.3 Å². The van der Waals surface area contributed by atoms with Crippen LogP contribution in [0.1, 0.15) is 18.9 Å². The molecule has 1 aromatic rings.